The van der Waals surface area contributed by atoms with Gasteiger partial charge in [0, 0.05) is 12.4 Å². The number of benzene rings is 3. The van der Waals surface area contributed by atoms with E-state index in [0.29, 0.717) is 22.5 Å². The standard InChI is InChI=1S/C29H20N6O/c1-35-17-33-15-28(35)29(32)21-7-8-26-25(10-21)24(12-23(14-31)34-26)19-4-2-3-18(9-19)16-36-27-11-22(29)6-5-20(27)13-30/h2-12,15,17H,16,32H2,1H3. The number of nitrogens with two attached hydrogens (primary N) is 1. The summed E-state index contributed by atoms with van der Waals surface area (Å²) >= 11 is 0. The summed E-state index contributed by atoms with van der Waals surface area (Å²) in [4.78, 5) is 8.88. The predicted octanol–water partition coefficient (Wildman–Crippen LogP) is 4.52. The summed E-state index contributed by atoms with van der Waals surface area (Å²) in [5.74, 6) is 0.462. The van der Waals surface area contributed by atoms with Crippen LogP contribution < -0.4 is 10.5 Å². The van der Waals surface area contributed by atoms with Crippen molar-refractivity contribution in [3.8, 4) is 29.0 Å². The number of nitriles is 2. The third-order valence-corrected chi connectivity index (χ3v) is 6.79. The van der Waals surface area contributed by atoms with Crippen LogP contribution in [0.3, 0.4) is 0 Å². The molecule has 7 nitrogen and oxygen atoms in total. The minimum absolute atomic E-state index is 0.270. The largest absolute Gasteiger partial charge is 0.488 e. The summed E-state index contributed by atoms with van der Waals surface area (Å²) in [6, 6.07) is 25.5. The molecule has 0 spiro atoms. The van der Waals surface area contributed by atoms with Gasteiger partial charge in [-0.2, -0.15) is 10.5 Å². The Bertz CT molecular complexity index is 1760. The number of nitrogens with zero attached hydrogens (tertiary/aromatic N) is 5. The highest BCUT2D eigenvalue weighted by atomic mass is 16.5. The zero-order chi connectivity index (χ0) is 24.9. The normalized spacial score (nSPS) is 16.2. The number of hydrogen-bond acceptors (Lipinski definition) is 6. The predicted molar refractivity (Wildman–Crippen MR) is 135 cm³/mol. The fourth-order valence-electron chi connectivity index (χ4n) is 4.94. The first-order valence-corrected chi connectivity index (χ1v) is 11.4. The molecule has 6 bridgehead atoms. The van der Waals surface area contributed by atoms with Gasteiger partial charge in [0.25, 0.3) is 0 Å². The second-order valence-corrected chi connectivity index (χ2v) is 8.91. The molecule has 0 fully saturated rings. The Hall–Kier alpha value is -4.98. The van der Waals surface area contributed by atoms with Crippen LogP contribution in [0.2, 0.25) is 0 Å². The van der Waals surface area contributed by atoms with E-state index in [1.807, 2.05) is 72.3 Å². The van der Waals surface area contributed by atoms with E-state index in [9.17, 15) is 10.5 Å². The monoisotopic (exact) mass is 468 g/mol. The molecule has 0 aliphatic carbocycles. The quantitative estimate of drug-likeness (QED) is 0.387. The van der Waals surface area contributed by atoms with Crippen molar-refractivity contribution in [2.45, 2.75) is 12.1 Å². The molecule has 1 unspecified atom stereocenters. The molecule has 3 aromatic carbocycles. The summed E-state index contributed by atoms with van der Waals surface area (Å²) in [5.41, 5.74) is 12.8. The van der Waals surface area contributed by atoms with E-state index < -0.39 is 5.54 Å². The Morgan fingerprint density at radius 2 is 1.83 bits per heavy atom. The molecule has 36 heavy (non-hydrogen) atoms. The minimum atomic E-state index is -1.11. The molecule has 0 saturated heterocycles. The van der Waals surface area contributed by atoms with E-state index in [4.69, 9.17) is 10.5 Å². The average Bonchev–Trinajstić information content (AvgIpc) is 3.36. The van der Waals surface area contributed by atoms with E-state index in [0.717, 1.165) is 38.9 Å². The first kappa shape index (κ1) is 21.5. The second kappa shape index (κ2) is 8.06. The number of pyridine rings is 1. The number of hydrogen-bond donors (Lipinski definition) is 1. The molecule has 0 radical (unpaired) electrons. The summed E-state index contributed by atoms with van der Waals surface area (Å²) in [6.45, 7) is 0.270. The van der Waals surface area contributed by atoms with Crippen molar-refractivity contribution in [1.82, 2.24) is 14.5 Å². The van der Waals surface area contributed by atoms with Gasteiger partial charge in [0.2, 0.25) is 0 Å². The lowest BCUT2D eigenvalue weighted by atomic mass is 9.79. The number of aromatic nitrogens is 3. The lowest BCUT2D eigenvalue weighted by Gasteiger charge is -2.32. The van der Waals surface area contributed by atoms with Crippen LogP contribution in [0.1, 0.15) is 33.6 Å². The van der Waals surface area contributed by atoms with Crippen LogP contribution in [0, 0.1) is 22.7 Å². The maximum absolute atomic E-state index is 9.74. The van der Waals surface area contributed by atoms with Crippen molar-refractivity contribution in [2.75, 3.05) is 0 Å². The van der Waals surface area contributed by atoms with E-state index in [1.165, 1.54) is 0 Å². The Morgan fingerprint density at radius 3 is 2.61 bits per heavy atom. The van der Waals surface area contributed by atoms with Crippen molar-refractivity contribution in [3.05, 3.63) is 113 Å². The Kier molecular flexibility index (Phi) is 4.82. The Morgan fingerprint density at radius 1 is 1.00 bits per heavy atom. The summed E-state index contributed by atoms with van der Waals surface area (Å²) in [5, 5.41) is 20.3. The van der Waals surface area contributed by atoms with Gasteiger partial charge in [-0.15, -0.1) is 0 Å². The van der Waals surface area contributed by atoms with Gasteiger partial charge in [0.05, 0.1) is 29.3 Å². The third kappa shape index (κ3) is 3.23. The van der Waals surface area contributed by atoms with Crippen molar-refractivity contribution in [3.63, 3.8) is 0 Å². The lowest BCUT2D eigenvalue weighted by Crippen LogP contribution is -2.41. The summed E-state index contributed by atoms with van der Waals surface area (Å²) in [6.07, 6.45) is 3.46. The molecule has 2 aromatic heterocycles. The molecule has 1 aliphatic rings. The van der Waals surface area contributed by atoms with Gasteiger partial charge in [0.15, 0.2) is 0 Å². The highest BCUT2D eigenvalue weighted by Crippen LogP contribution is 2.40. The van der Waals surface area contributed by atoms with Crippen molar-refractivity contribution in [2.24, 2.45) is 12.8 Å². The Labute approximate surface area is 207 Å². The van der Waals surface area contributed by atoms with Gasteiger partial charge >= 0.3 is 0 Å². The third-order valence-electron chi connectivity index (χ3n) is 6.79. The number of imidazole rings is 1. The van der Waals surface area contributed by atoms with Crippen LogP contribution in [0.25, 0.3) is 22.0 Å². The number of rotatable bonds is 1. The maximum atomic E-state index is 9.74. The zero-order valence-electron chi connectivity index (χ0n) is 19.4. The van der Waals surface area contributed by atoms with Crippen LogP contribution in [0.15, 0.2) is 79.3 Å². The van der Waals surface area contributed by atoms with Crippen LogP contribution in [0.4, 0.5) is 0 Å². The van der Waals surface area contributed by atoms with Crippen LogP contribution >= 0.6 is 0 Å². The fourth-order valence-corrected chi connectivity index (χ4v) is 4.94. The summed E-state index contributed by atoms with van der Waals surface area (Å²) < 4.78 is 8.06. The molecule has 3 heterocycles. The van der Waals surface area contributed by atoms with Gasteiger partial charge in [-0.1, -0.05) is 30.3 Å². The topological polar surface area (TPSA) is 114 Å². The highest BCUT2D eigenvalue weighted by molar-refractivity contribution is 5.96. The average molecular weight is 469 g/mol. The van der Waals surface area contributed by atoms with Crippen LogP contribution in [-0.4, -0.2) is 14.5 Å². The molecular formula is C29H20N6O. The molecular weight excluding hydrogens is 448 g/mol. The van der Waals surface area contributed by atoms with Crippen LogP contribution in [0.5, 0.6) is 5.75 Å². The number of ether oxygens (including phenoxy) is 1. The molecule has 2 N–H and O–H groups in total. The molecule has 172 valence electrons. The van der Waals surface area contributed by atoms with Gasteiger partial charge in [-0.3, -0.25) is 0 Å². The fraction of sp³-hybridized carbons (Fsp3) is 0.103. The van der Waals surface area contributed by atoms with Gasteiger partial charge in [0.1, 0.15) is 35.7 Å². The van der Waals surface area contributed by atoms with E-state index in [-0.39, 0.29) is 6.61 Å². The molecule has 6 rings (SSSR count). The first-order valence-electron chi connectivity index (χ1n) is 11.4. The van der Waals surface area contributed by atoms with E-state index >= 15 is 0 Å². The number of fused-ring (bicyclic) bond motifs is 6. The van der Waals surface area contributed by atoms with E-state index in [1.54, 1.807) is 18.6 Å². The van der Waals surface area contributed by atoms with Gasteiger partial charge in [-0.05, 0) is 64.2 Å². The maximum Gasteiger partial charge on any atom is 0.141 e. The van der Waals surface area contributed by atoms with Crippen molar-refractivity contribution < 1.29 is 4.74 Å². The van der Waals surface area contributed by atoms with Gasteiger partial charge < -0.3 is 15.0 Å². The van der Waals surface area contributed by atoms with E-state index in [2.05, 4.69) is 22.1 Å². The van der Waals surface area contributed by atoms with Crippen molar-refractivity contribution in [1.29, 1.82) is 10.5 Å². The molecule has 0 amide bonds. The molecule has 7 heteroatoms. The smallest absolute Gasteiger partial charge is 0.141 e. The van der Waals surface area contributed by atoms with Crippen LogP contribution in [-0.2, 0) is 19.2 Å². The van der Waals surface area contributed by atoms with Gasteiger partial charge in [-0.25, -0.2) is 9.97 Å². The minimum Gasteiger partial charge on any atom is -0.488 e. The SMILES string of the molecule is Cn1cncc1C1(N)c2ccc(C#N)c(c2)OCc2cccc(c2)-c2cc(C#N)nc3ccc1cc23. The van der Waals surface area contributed by atoms with Crippen molar-refractivity contribution >= 4 is 10.9 Å². The summed E-state index contributed by atoms with van der Waals surface area (Å²) in [7, 11) is 1.90. The Balaban J connectivity index is 1.75. The molecule has 1 aliphatic heterocycles. The first-order chi connectivity index (χ1) is 17.5. The molecule has 5 aromatic rings. The molecule has 0 saturated carbocycles. The molecule has 1 atom stereocenters. The second-order valence-electron chi connectivity index (χ2n) is 8.91. The zero-order valence-corrected chi connectivity index (χ0v) is 19.4. The lowest BCUT2D eigenvalue weighted by molar-refractivity contribution is 0.304. The highest BCUT2D eigenvalue weighted by Gasteiger charge is 2.36. The number of aryl methyl sites for hydroxylation is 1.